The molecule has 3 heterocycles. The van der Waals surface area contributed by atoms with E-state index < -0.39 is 36.8 Å². The molecular formula is C42H43ClN7O7P. The van der Waals surface area contributed by atoms with Crippen molar-refractivity contribution in [3.8, 4) is 17.6 Å². The van der Waals surface area contributed by atoms with Gasteiger partial charge in [-0.2, -0.15) is 4.98 Å². The number of methoxy groups -OCH3 is 1. The van der Waals surface area contributed by atoms with E-state index in [-0.39, 0.29) is 42.2 Å². The fraction of sp³-hybridized carbons (Fsp3) is 0.310. The summed E-state index contributed by atoms with van der Waals surface area (Å²) in [6, 6.07) is 14.9. The summed E-state index contributed by atoms with van der Waals surface area (Å²) in [5, 5.41) is 9.59. The van der Waals surface area contributed by atoms with Crippen LogP contribution in [0.3, 0.4) is 0 Å². The summed E-state index contributed by atoms with van der Waals surface area (Å²) in [5.41, 5.74) is 3.91. The fourth-order valence-corrected chi connectivity index (χ4v) is 8.08. The molecule has 3 aromatic carbocycles. The number of nitrogens with one attached hydrogen (secondary N) is 3. The number of hydrogen-bond acceptors (Lipinski definition) is 11. The molecule has 6 rings (SSSR count). The number of aromatic nitrogens is 2. The highest BCUT2D eigenvalue weighted by Crippen LogP contribution is 2.39. The van der Waals surface area contributed by atoms with Crippen LogP contribution in [-0.4, -0.2) is 89.4 Å². The molecule has 58 heavy (non-hydrogen) atoms. The number of amides is 5. The lowest BCUT2D eigenvalue weighted by molar-refractivity contribution is -0.136. The molecule has 1 fully saturated rings. The van der Waals surface area contributed by atoms with Gasteiger partial charge < -0.3 is 24.8 Å². The number of unbranched alkanes of at least 4 members (excludes halogenated alkanes) is 1. The van der Waals surface area contributed by atoms with Crippen molar-refractivity contribution >= 4 is 76.7 Å². The lowest BCUT2D eigenvalue weighted by Gasteiger charge is -2.27. The van der Waals surface area contributed by atoms with Gasteiger partial charge in [0.05, 0.1) is 35.8 Å². The van der Waals surface area contributed by atoms with Crippen LogP contribution >= 0.6 is 18.7 Å². The first-order valence-electron chi connectivity index (χ1n) is 18.6. The molecule has 2 aliphatic heterocycles. The smallest absolute Gasteiger partial charge is 0.263 e. The van der Waals surface area contributed by atoms with E-state index in [0.717, 1.165) is 16.0 Å². The van der Waals surface area contributed by atoms with Gasteiger partial charge in [0.25, 0.3) is 11.8 Å². The Morgan fingerprint density at radius 3 is 2.59 bits per heavy atom. The van der Waals surface area contributed by atoms with Crippen LogP contribution in [0.25, 0.3) is 0 Å². The van der Waals surface area contributed by atoms with Crippen molar-refractivity contribution < 1.29 is 33.3 Å². The first-order valence-corrected chi connectivity index (χ1v) is 21.6. The molecule has 2 aliphatic rings. The Morgan fingerprint density at radius 1 is 1.07 bits per heavy atom. The van der Waals surface area contributed by atoms with Crippen LogP contribution in [-0.2, 0) is 25.4 Å². The first-order chi connectivity index (χ1) is 27.7. The van der Waals surface area contributed by atoms with Gasteiger partial charge in [-0.3, -0.25) is 34.2 Å². The second-order valence-electron chi connectivity index (χ2n) is 14.4. The number of hydrogen-bond donors (Lipinski definition) is 3. The van der Waals surface area contributed by atoms with Crippen molar-refractivity contribution in [2.45, 2.75) is 51.5 Å². The number of imide groups is 2. The predicted molar refractivity (Wildman–Crippen MR) is 222 cm³/mol. The van der Waals surface area contributed by atoms with E-state index in [1.54, 1.807) is 44.5 Å². The molecule has 0 radical (unpaired) electrons. The van der Waals surface area contributed by atoms with Gasteiger partial charge in [-0.1, -0.05) is 41.6 Å². The van der Waals surface area contributed by atoms with Gasteiger partial charge in [-0.15, -0.1) is 0 Å². The SMILES string of the molecule is COc1cc(CCN(C)C(=O)CCCC#Cc2cccc3c2C(=O)N(C2CCC(=O)NC2=O)C3=O)c(C)cc1Nc1ncc(Cl)c(Nc2ccccc2P(C)(C)=O)n1. The number of rotatable bonds is 13. The second-order valence-corrected chi connectivity index (χ2v) is 18.0. The van der Waals surface area contributed by atoms with Gasteiger partial charge in [-0.05, 0) is 87.0 Å². The van der Waals surface area contributed by atoms with Crippen LogP contribution in [0, 0.1) is 18.8 Å². The third-order valence-corrected chi connectivity index (χ3v) is 11.7. The van der Waals surface area contributed by atoms with E-state index in [1.165, 1.54) is 12.3 Å². The van der Waals surface area contributed by atoms with Gasteiger partial charge in [0.15, 0.2) is 5.82 Å². The summed E-state index contributed by atoms with van der Waals surface area (Å²) in [4.78, 5) is 75.0. The molecule has 0 aliphatic carbocycles. The Balaban J connectivity index is 1.03. The van der Waals surface area contributed by atoms with Gasteiger partial charge >= 0.3 is 0 Å². The minimum Gasteiger partial charge on any atom is -0.495 e. The molecular weight excluding hydrogens is 781 g/mol. The molecule has 0 spiro atoms. The summed E-state index contributed by atoms with van der Waals surface area (Å²) in [6.07, 6.45) is 3.30. The quantitative estimate of drug-likeness (QED) is 0.0642. The largest absolute Gasteiger partial charge is 0.495 e. The number of carbonyl (C=O) groups is 5. The number of likely N-dealkylation sites (N-methyl/N-ethyl adjacent to an activating group) is 1. The lowest BCUT2D eigenvalue weighted by atomic mass is 10.0. The summed E-state index contributed by atoms with van der Waals surface area (Å²) >= 11 is 6.44. The number of aryl methyl sites for hydroxylation is 1. The topological polar surface area (TPSA) is 180 Å². The standard InChI is InChI=1S/C42H43ClN7O7P/c1-25-22-31(46-42-44-24-29(43)38(48-42)45-30-15-9-10-16-34(30)58(4,5)56)33(57-3)23-27(25)20-21-49(2)36(52)17-8-6-7-12-26-13-11-14-28-37(26)41(55)50(40(28)54)32-18-19-35(51)47-39(32)53/h9-11,13-16,22-24,32H,6,8,17-21H2,1-5H3,(H,47,51,53)(H2,44,45,46,48). The van der Waals surface area contributed by atoms with Crippen molar-refractivity contribution in [2.24, 2.45) is 0 Å². The number of nitrogens with zero attached hydrogens (tertiary/aromatic N) is 4. The fourth-order valence-electron chi connectivity index (χ4n) is 6.79. The van der Waals surface area contributed by atoms with E-state index in [4.69, 9.17) is 16.3 Å². The van der Waals surface area contributed by atoms with Gasteiger partial charge in [0, 0.05) is 43.7 Å². The highest BCUT2D eigenvalue weighted by molar-refractivity contribution is 7.70. The maximum absolute atomic E-state index is 13.3. The second kappa shape index (κ2) is 17.6. The summed E-state index contributed by atoms with van der Waals surface area (Å²) in [6.45, 7) is 5.84. The lowest BCUT2D eigenvalue weighted by Crippen LogP contribution is -2.54. The number of carbonyl (C=O) groups excluding carboxylic acids is 5. The summed E-state index contributed by atoms with van der Waals surface area (Å²) in [5.74, 6) is 4.82. The number of anilines is 4. The van der Waals surface area contributed by atoms with E-state index in [1.807, 2.05) is 43.3 Å². The number of benzene rings is 3. The number of ether oxygens (including phenoxy) is 1. The van der Waals surface area contributed by atoms with Gasteiger partial charge in [-0.25, -0.2) is 4.98 Å². The van der Waals surface area contributed by atoms with Crippen LogP contribution in [0.2, 0.25) is 5.02 Å². The van der Waals surface area contributed by atoms with Crippen LogP contribution in [0.5, 0.6) is 5.75 Å². The Bertz CT molecular complexity index is 2440. The zero-order chi connectivity index (χ0) is 41.7. The first kappa shape index (κ1) is 41.6. The molecule has 14 nitrogen and oxygen atoms in total. The zero-order valence-corrected chi connectivity index (χ0v) is 34.4. The molecule has 0 saturated carbocycles. The van der Waals surface area contributed by atoms with Gasteiger partial charge in [0.2, 0.25) is 23.7 Å². The number of para-hydroxylation sites is 1. The van der Waals surface area contributed by atoms with E-state index in [2.05, 4.69) is 37.8 Å². The van der Waals surface area contributed by atoms with Crippen molar-refractivity contribution in [1.82, 2.24) is 25.1 Å². The Kier molecular flexibility index (Phi) is 12.6. The maximum Gasteiger partial charge on any atom is 0.263 e. The van der Waals surface area contributed by atoms with Crippen molar-refractivity contribution in [1.29, 1.82) is 0 Å². The molecule has 5 amide bonds. The monoisotopic (exact) mass is 823 g/mol. The molecule has 4 aromatic rings. The average Bonchev–Trinajstić information content (AvgIpc) is 3.44. The molecule has 0 bridgehead atoms. The van der Waals surface area contributed by atoms with Crippen molar-refractivity contribution in [3.05, 3.63) is 93.6 Å². The minimum absolute atomic E-state index is 0.0363. The molecule has 1 unspecified atom stereocenters. The maximum atomic E-state index is 13.3. The highest BCUT2D eigenvalue weighted by atomic mass is 35.5. The Hall–Kier alpha value is -6.03. The summed E-state index contributed by atoms with van der Waals surface area (Å²) in [7, 11) is 0.736. The molecule has 1 aromatic heterocycles. The van der Waals surface area contributed by atoms with E-state index in [9.17, 15) is 28.5 Å². The van der Waals surface area contributed by atoms with Crippen molar-refractivity contribution in [3.63, 3.8) is 0 Å². The number of piperidine rings is 1. The van der Waals surface area contributed by atoms with E-state index >= 15 is 0 Å². The molecule has 1 atom stereocenters. The third kappa shape index (κ3) is 9.23. The minimum atomic E-state index is -2.58. The molecule has 1 saturated heterocycles. The number of halogens is 1. The molecule has 16 heteroatoms. The summed E-state index contributed by atoms with van der Waals surface area (Å²) < 4.78 is 18.6. The normalized spacial score (nSPS) is 15.0. The zero-order valence-electron chi connectivity index (χ0n) is 32.8. The third-order valence-electron chi connectivity index (χ3n) is 9.91. The predicted octanol–water partition coefficient (Wildman–Crippen LogP) is 5.81. The highest BCUT2D eigenvalue weighted by Gasteiger charge is 2.45. The van der Waals surface area contributed by atoms with Crippen LogP contribution < -0.4 is 26.0 Å². The number of fused-ring (bicyclic) bond motifs is 1. The Labute approximate surface area is 341 Å². The molecule has 3 N–H and O–H groups in total. The molecule has 300 valence electrons. The van der Waals surface area contributed by atoms with Crippen molar-refractivity contribution in [2.75, 3.05) is 44.7 Å². The van der Waals surface area contributed by atoms with Crippen LogP contribution in [0.1, 0.15) is 69.5 Å². The van der Waals surface area contributed by atoms with Gasteiger partial charge in [0.1, 0.15) is 24.0 Å². The van der Waals surface area contributed by atoms with E-state index in [0.29, 0.717) is 64.6 Å². The van der Waals surface area contributed by atoms with Crippen LogP contribution in [0.4, 0.5) is 23.1 Å². The Morgan fingerprint density at radius 2 is 1.84 bits per heavy atom. The average molecular weight is 824 g/mol. The van der Waals surface area contributed by atoms with Crippen LogP contribution in [0.15, 0.2) is 60.8 Å².